The Bertz CT molecular complexity index is 1290. The highest BCUT2D eigenvalue weighted by Crippen LogP contribution is 2.30. The zero-order chi connectivity index (χ0) is 26.1. The summed E-state index contributed by atoms with van der Waals surface area (Å²) in [4.78, 5) is 22.0. The molecule has 0 aliphatic rings. The van der Waals surface area contributed by atoms with Crippen LogP contribution in [0.2, 0.25) is 0 Å². The van der Waals surface area contributed by atoms with Crippen LogP contribution in [0.25, 0.3) is 22.6 Å². The minimum absolute atomic E-state index is 0.0232. The van der Waals surface area contributed by atoms with Crippen LogP contribution in [0.5, 0.6) is 5.88 Å². The number of pyridine rings is 1. The van der Waals surface area contributed by atoms with Gasteiger partial charge in [0.1, 0.15) is 29.5 Å². The molecule has 0 aromatic carbocycles. The highest BCUT2D eigenvalue weighted by molar-refractivity contribution is 5.86. The molecule has 3 aromatic heterocycles. The zero-order valence-electron chi connectivity index (χ0n) is 20.9. The van der Waals surface area contributed by atoms with Gasteiger partial charge < -0.3 is 34.9 Å². The second-order valence-electron chi connectivity index (χ2n) is 9.63. The molecule has 3 aromatic rings. The molecule has 3 N–H and O–H groups in total. The third-order valence-corrected chi connectivity index (χ3v) is 5.07. The maximum Gasteiger partial charge on any atom is 0.216 e. The number of aryl methyl sites for hydroxylation is 1. The van der Waals surface area contributed by atoms with E-state index in [0.717, 1.165) is 0 Å². The molecule has 0 saturated heterocycles. The van der Waals surface area contributed by atoms with E-state index >= 15 is 0 Å². The van der Waals surface area contributed by atoms with Gasteiger partial charge in [-0.15, -0.1) is 0 Å². The number of carbonyl (C=O) groups excluding carboxylic acids is 1. The summed E-state index contributed by atoms with van der Waals surface area (Å²) < 4.78 is 12.5. The second-order valence-corrected chi connectivity index (χ2v) is 9.63. The molecule has 3 rings (SSSR count). The number of nitrogens with two attached hydrogens (primary N) is 1. The number of fused-ring (bicyclic) bond motifs is 1. The van der Waals surface area contributed by atoms with Crippen LogP contribution in [0.3, 0.4) is 0 Å². The van der Waals surface area contributed by atoms with Crippen molar-refractivity contribution < 1.29 is 24.4 Å². The van der Waals surface area contributed by atoms with E-state index in [1.165, 1.54) is 4.90 Å². The quantitative estimate of drug-likeness (QED) is 0.488. The van der Waals surface area contributed by atoms with Gasteiger partial charge in [-0.2, -0.15) is 0 Å². The number of hydrogen-bond donors (Lipinski definition) is 2. The van der Waals surface area contributed by atoms with E-state index in [4.69, 9.17) is 15.1 Å². The topological polar surface area (TPSA) is 168 Å². The number of aliphatic hydroxyl groups is 1. The molecule has 188 valence electrons. The fourth-order valence-corrected chi connectivity index (χ4v) is 3.72. The minimum Gasteiger partial charge on any atom is -0.530 e. The largest absolute Gasteiger partial charge is 0.530 e. The van der Waals surface area contributed by atoms with Gasteiger partial charge in [0.25, 0.3) is 0 Å². The number of rotatable bonds is 6. The number of carboxylic acid groups (broad SMARTS) is 1. The summed E-state index contributed by atoms with van der Waals surface area (Å²) in [5, 5.41) is 29.3. The van der Waals surface area contributed by atoms with Gasteiger partial charge in [-0.05, 0) is 64.7 Å². The summed E-state index contributed by atoms with van der Waals surface area (Å²) in [6.45, 7) is 12.6. The van der Waals surface area contributed by atoms with Gasteiger partial charge in [-0.3, -0.25) is 0 Å². The van der Waals surface area contributed by atoms with Crippen molar-refractivity contribution in [3.8, 4) is 29.2 Å². The molecule has 0 unspecified atom stereocenters. The maximum atomic E-state index is 11.7. The first-order chi connectivity index (χ1) is 16.2. The Hall–Kier alpha value is -3.85. The van der Waals surface area contributed by atoms with Gasteiger partial charge >= 0.3 is 0 Å². The average molecular weight is 485 g/mol. The molecule has 0 saturated carbocycles. The normalized spacial score (nSPS) is 12.8. The summed E-state index contributed by atoms with van der Waals surface area (Å²) in [5.74, 6) is 6.32. The smallest absolute Gasteiger partial charge is 0.216 e. The summed E-state index contributed by atoms with van der Waals surface area (Å²) in [5.41, 5.74) is 5.57. The van der Waals surface area contributed by atoms with Gasteiger partial charge in [0.05, 0.1) is 11.6 Å². The van der Waals surface area contributed by atoms with Crippen LogP contribution in [-0.4, -0.2) is 64.7 Å². The Balaban J connectivity index is 2.10. The van der Waals surface area contributed by atoms with E-state index in [0.29, 0.717) is 23.4 Å². The van der Waals surface area contributed by atoms with E-state index in [1.807, 2.05) is 11.5 Å². The summed E-state index contributed by atoms with van der Waals surface area (Å²) in [6.07, 6.45) is -1.29. The van der Waals surface area contributed by atoms with Crippen LogP contribution in [0.15, 0.2) is 10.7 Å². The Morgan fingerprint density at radius 2 is 2.00 bits per heavy atom. The van der Waals surface area contributed by atoms with E-state index in [2.05, 4.69) is 32.1 Å². The Kier molecular flexibility index (Phi) is 6.94. The summed E-state index contributed by atoms with van der Waals surface area (Å²) in [6, 6.07) is 1.16. The van der Waals surface area contributed by atoms with Crippen molar-refractivity contribution in [2.24, 2.45) is 0 Å². The number of carbonyl (C=O) groups is 1. The van der Waals surface area contributed by atoms with Gasteiger partial charge in [0.15, 0.2) is 17.3 Å². The molecule has 0 aliphatic carbocycles. The molecule has 1 atom stereocenters. The number of nitrogens with zero attached hydrogens (tertiary/aromatic N) is 6. The molecule has 0 spiro atoms. The number of amides is 1. The lowest BCUT2D eigenvalue weighted by atomic mass is 10.0. The predicted molar refractivity (Wildman–Crippen MR) is 126 cm³/mol. The van der Waals surface area contributed by atoms with Crippen LogP contribution in [0.4, 0.5) is 10.6 Å². The minimum atomic E-state index is -1.29. The van der Waals surface area contributed by atoms with Crippen molar-refractivity contribution in [3.05, 3.63) is 11.8 Å². The van der Waals surface area contributed by atoms with Crippen LogP contribution in [-0.2, 0) is 6.54 Å². The molecule has 0 radical (unpaired) electrons. The Morgan fingerprint density at radius 3 is 2.51 bits per heavy atom. The molecule has 35 heavy (non-hydrogen) atoms. The number of anilines is 1. The third kappa shape index (κ3) is 5.63. The lowest BCUT2D eigenvalue weighted by Gasteiger charge is -2.42. The monoisotopic (exact) mass is 484 g/mol. The van der Waals surface area contributed by atoms with Gasteiger partial charge in [-0.25, -0.2) is 14.6 Å². The molecular formula is C23H30N7O5-. The fraction of sp³-hybridized carbons (Fsp3) is 0.522. The van der Waals surface area contributed by atoms with Crippen molar-refractivity contribution in [2.75, 3.05) is 12.3 Å². The summed E-state index contributed by atoms with van der Waals surface area (Å²) in [7, 11) is 0. The van der Waals surface area contributed by atoms with Gasteiger partial charge in [0, 0.05) is 18.2 Å². The van der Waals surface area contributed by atoms with Gasteiger partial charge in [0.2, 0.25) is 5.88 Å². The zero-order valence-corrected chi connectivity index (χ0v) is 20.9. The number of ether oxygens (including phenoxy) is 1. The van der Waals surface area contributed by atoms with Crippen molar-refractivity contribution in [2.45, 2.75) is 72.2 Å². The van der Waals surface area contributed by atoms with Crippen LogP contribution < -0.4 is 15.6 Å². The SMILES string of the molecule is CCn1c(-c2nonc2N)nc2c(C#CC(C)(C)O)nc(OC[C@H](C)N(C(=O)[O-])C(C)(C)C)cc21. The van der Waals surface area contributed by atoms with Crippen LogP contribution >= 0.6 is 0 Å². The van der Waals surface area contributed by atoms with Gasteiger partial charge in [-0.1, -0.05) is 5.92 Å². The highest BCUT2D eigenvalue weighted by atomic mass is 16.6. The second kappa shape index (κ2) is 9.42. The average Bonchev–Trinajstić information content (AvgIpc) is 3.31. The molecular weight excluding hydrogens is 454 g/mol. The predicted octanol–water partition coefficient (Wildman–Crippen LogP) is 1.42. The van der Waals surface area contributed by atoms with Crippen molar-refractivity contribution in [3.63, 3.8) is 0 Å². The lowest BCUT2D eigenvalue weighted by molar-refractivity contribution is -0.273. The number of aromatic nitrogens is 5. The number of nitrogen functional groups attached to an aromatic ring is 1. The number of imidazole rings is 1. The first-order valence-electron chi connectivity index (χ1n) is 11.1. The lowest BCUT2D eigenvalue weighted by Crippen LogP contribution is -2.57. The maximum absolute atomic E-state index is 11.7. The molecule has 1 amide bonds. The van der Waals surface area contributed by atoms with Crippen molar-refractivity contribution in [1.82, 2.24) is 29.7 Å². The molecule has 0 aliphatic heterocycles. The summed E-state index contributed by atoms with van der Waals surface area (Å²) >= 11 is 0. The van der Waals surface area contributed by atoms with E-state index in [-0.39, 0.29) is 29.7 Å². The van der Waals surface area contributed by atoms with E-state index in [1.54, 1.807) is 47.6 Å². The molecule has 12 heteroatoms. The molecule has 3 heterocycles. The number of hydrogen-bond acceptors (Lipinski definition) is 10. The standard InChI is InChI=1S/C23H31N7O5/c1-8-29-15-11-16(34-12-13(2)30(21(31)32)22(3,4)5)25-14(9-10-23(6,7)33)17(15)26-20(29)18-19(24)28-35-27-18/h11,13,33H,8,12H2,1-7H3,(H2,24,28)(H,31,32)/p-1/t13-/m0/s1. The van der Waals surface area contributed by atoms with Crippen LogP contribution in [0, 0.1) is 11.8 Å². The van der Waals surface area contributed by atoms with Crippen molar-refractivity contribution in [1.29, 1.82) is 0 Å². The Morgan fingerprint density at radius 1 is 1.31 bits per heavy atom. The van der Waals surface area contributed by atoms with E-state index < -0.39 is 23.3 Å². The van der Waals surface area contributed by atoms with Crippen molar-refractivity contribution >= 4 is 22.9 Å². The highest BCUT2D eigenvalue weighted by Gasteiger charge is 2.27. The van der Waals surface area contributed by atoms with E-state index in [9.17, 15) is 15.0 Å². The molecule has 0 fully saturated rings. The first-order valence-corrected chi connectivity index (χ1v) is 11.1. The fourth-order valence-electron chi connectivity index (χ4n) is 3.72. The molecule has 12 nitrogen and oxygen atoms in total. The van der Waals surface area contributed by atoms with Crippen LogP contribution in [0.1, 0.15) is 54.2 Å². The molecule has 0 bridgehead atoms. The third-order valence-electron chi connectivity index (χ3n) is 5.07. The Labute approximate surface area is 203 Å². The first kappa shape index (κ1) is 25.8.